The van der Waals surface area contributed by atoms with Gasteiger partial charge in [-0.2, -0.15) is 0 Å². The summed E-state index contributed by atoms with van der Waals surface area (Å²) in [6.07, 6.45) is 0.730. The lowest BCUT2D eigenvalue weighted by atomic mass is 9.71. The first kappa shape index (κ1) is 23.6. The Morgan fingerprint density at radius 3 is 2.59 bits per heavy atom. The summed E-state index contributed by atoms with van der Waals surface area (Å²) in [4.78, 5) is 56.5. The van der Waals surface area contributed by atoms with Gasteiger partial charge in [0.2, 0.25) is 17.7 Å². The summed E-state index contributed by atoms with van der Waals surface area (Å²) >= 11 is 0. The van der Waals surface area contributed by atoms with Crippen LogP contribution >= 0.6 is 0 Å². The molecule has 1 aromatic carbocycles. The molecule has 4 amide bonds. The number of nitrogens with one attached hydrogen (secondary N) is 2. The summed E-state index contributed by atoms with van der Waals surface area (Å²) in [5, 5.41) is 3.46. The van der Waals surface area contributed by atoms with Crippen molar-refractivity contribution < 1.29 is 23.9 Å². The van der Waals surface area contributed by atoms with Crippen LogP contribution in [0.3, 0.4) is 0 Å². The SMILES string of the molecule is COc1cccc2[nH]c(C(=O)N3CC(C)(C)CC3(C(N)=O)[C@H](C[C@H]3CCNC3=O)C(N)=O)cc12. The molecule has 3 heterocycles. The Labute approximate surface area is 197 Å². The van der Waals surface area contributed by atoms with E-state index in [9.17, 15) is 19.2 Å². The van der Waals surface area contributed by atoms with Gasteiger partial charge in [0.15, 0.2) is 0 Å². The molecule has 0 radical (unpaired) electrons. The molecule has 34 heavy (non-hydrogen) atoms. The van der Waals surface area contributed by atoms with Crippen LogP contribution in [-0.2, 0) is 14.4 Å². The number of hydrogen-bond donors (Lipinski definition) is 4. The van der Waals surface area contributed by atoms with E-state index in [1.54, 1.807) is 25.3 Å². The number of rotatable bonds is 7. The van der Waals surface area contributed by atoms with Crippen molar-refractivity contribution in [3.8, 4) is 5.75 Å². The molecule has 0 saturated carbocycles. The van der Waals surface area contributed by atoms with Crippen molar-refractivity contribution in [2.45, 2.75) is 38.6 Å². The lowest BCUT2D eigenvalue weighted by Crippen LogP contribution is -2.63. The standard InChI is InChI=1S/C24H31N5O5/c1-23(2)11-24(22(26)33,15(19(25)30)9-13-7-8-27-20(13)31)29(12-23)21(32)17-10-14-16(28-17)5-4-6-18(14)34-3/h4-6,10,13,15,28H,7-9,11-12H2,1-3H3,(H2,25,30)(H2,26,33)(H,27,31)/t13-,15-,24?/m1/s1. The van der Waals surface area contributed by atoms with Crippen LogP contribution in [0.15, 0.2) is 24.3 Å². The minimum atomic E-state index is -1.66. The van der Waals surface area contributed by atoms with Gasteiger partial charge in [-0.05, 0) is 42.9 Å². The number of primary amides is 2. The third-order valence-electron chi connectivity index (χ3n) is 7.17. The normalized spacial score (nSPS) is 24.7. The Morgan fingerprint density at radius 2 is 2.00 bits per heavy atom. The number of aromatic nitrogens is 1. The van der Waals surface area contributed by atoms with Gasteiger partial charge in [0.1, 0.15) is 17.0 Å². The highest BCUT2D eigenvalue weighted by molar-refractivity contribution is 6.04. The van der Waals surface area contributed by atoms with E-state index in [1.165, 1.54) is 4.90 Å². The van der Waals surface area contributed by atoms with E-state index in [-0.39, 0.29) is 31.0 Å². The highest BCUT2D eigenvalue weighted by atomic mass is 16.5. The van der Waals surface area contributed by atoms with Gasteiger partial charge in [0, 0.05) is 29.9 Å². The molecule has 3 atom stereocenters. The largest absolute Gasteiger partial charge is 0.496 e. The van der Waals surface area contributed by atoms with Gasteiger partial charge in [-0.15, -0.1) is 0 Å². The van der Waals surface area contributed by atoms with Crippen molar-refractivity contribution in [1.29, 1.82) is 0 Å². The Morgan fingerprint density at radius 1 is 1.26 bits per heavy atom. The summed E-state index contributed by atoms with van der Waals surface area (Å²) < 4.78 is 5.39. The van der Waals surface area contributed by atoms with E-state index in [0.29, 0.717) is 29.6 Å². The molecule has 2 saturated heterocycles. The van der Waals surface area contributed by atoms with E-state index < -0.39 is 40.5 Å². The Bertz CT molecular complexity index is 1170. The smallest absolute Gasteiger partial charge is 0.271 e. The van der Waals surface area contributed by atoms with E-state index in [0.717, 1.165) is 0 Å². The van der Waals surface area contributed by atoms with Gasteiger partial charge in [-0.3, -0.25) is 19.2 Å². The fourth-order valence-corrected chi connectivity index (χ4v) is 5.67. The quantitative estimate of drug-likeness (QED) is 0.473. The maximum Gasteiger partial charge on any atom is 0.271 e. The van der Waals surface area contributed by atoms with Crippen LogP contribution < -0.4 is 21.5 Å². The minimum Gasteiger partial charge on any atom is -0.496 e. The van der Waals surface area contributed by atoms with Crippen molar-refractivity contribution in [3.63, 3.8) is 0 Å². The van der Waals surface area contributed by atoms with E-state index in [1.807, 2.05) is 19.9 Å². The zero-order valence-electron chi connectivity index (χ0n) is 19.6. The second kappa shape index (κ2) is 8.34. The van der Waals surface area contributed by atoms with Crippen LogP contribution in [0.5, 0.6) is 5.75 Å². The lowest BCUT2D eigenvalue weighted by Gasteiger charge is -2.41. The Kier molecular flexibility index (Phi) is 5.79. The number of fused-ring (bicyclic) bond motifs is 1. The number of benzene rings is 1. The molecule has 10 nitrogen and oxygen atoms in total. The molecule has 2 aliphatic heterocycles. The number of carbonyl (C=O) groups excluding carboxylic acids is 4. The summed E-state index contributed by atoms with van der Waals surface area (Å²) in [6, 6.07) is 7.06. The van der Waals surface area contributed by atoms with Crippen molar-refractivity contribution in [1.82, 2.24) is 15.2 Å². The van der Waals surface area contributed by atoms with Crippen LogP contribution in [0.1, 0.15) is 43.6 Å². The average Bonchev–Trinajstić information content (AvgIpc) is 3.46. The average molecular weight is 470 g/mol. The van der Waals surface area contributed by atoms with E-state index in [2.05, 4.69) is 10.3 Å². The summed E-state index contributed by atoms with van der Waals surface area (Å²) in [7, 11) is 1.54. The fourth-order valence-electron chi connectivity index (χ4n) is 5.67. The molecule has 182 valence electrons. The van der Waals surface area contributed by atoms with Crippen LogP contribution in [0.25, 0.3) is 10.9 Å². The van der Waals surface area contributed by atoms with Gasteiger partial charge in [-0.1, -0.05) is 19.9 Å². The van der Waals surface area contributed by atoms with Gasteiger partial charge < -0.3 is 31.4 Å². The van der Waals surface area contributed by atoms with Crippen LogP contribution in [-0.4, -0.2) is 59.3 Å². The van der Waals surface area contributed by atoms with E-state index in [4.69, 9.17) is 16.2 Å². The van der Waals surface area contributed by atoms with E-state index >= 15 is 0 Å². The number of likely N-dealkylation sites (tertiary alicyclic amines) is 1. The molecular formula is C24H31N5O5. The second-order valence-electron chi connectivity index (χ2n) is 10.1. The third kappa shape index (κ3) is 3.76. The van der Waals surface area contributed by atoms with Gasteiger partial charge in [0.05, 0.1) is 13.0 Å². The molecule has 6 N–H and O–H groups in total. The number of carbonyl (C=O) groups is 4. The Balaban J connectivity index is 1.80. The molecule has 2 fully saturated rings. The van der Waals surface area contributed by atoms with Crippen molar-refractivity contribution >= 4 is 34.5 Å². The number of nitrogens with zero attached hydrogens (tertiary/aromatic N) is 1. The Hall–Kier alpha value is -3.56. The topological polar surface area (TPSA) is 161 Å². The number of amides is 4. The molecule has 2 aromatic rings. The summed E-state index contributed by atoms with van der Waals surface area (Å²) in [5.41, 5.74) is 10.5. The van der Waals surface area contributed by atoms with Gasteiger partial charge in [-0.25, -0.2) is 0 Å². The maximum absolute atomic E-state index is 13.9. The van der Waals surface area contributed by atoms with Gasteiger partial charge in [0.25, 0.3) is 5.91 Å². The number of aromatic amines is 1. The van der Waals surface area contributed by atoms with Crippen LogP contribution in [0, 0.1) is 17.3 Å². The predicted octanol–water partition coefficient (Wildman–Crippen LogP) is 0.900. The second-order valence-corrected chi connectivity index (χ2v) is 10.1. The molecular weight excluding hydrogens is 438 g/mol. The number of nitrogens with two attached hydrogens (primary N) is 2. The lowest BCUT2D eigenvalue weighted by molar-refractivity contribution is -0.140. The molecule has 2 aliphatic rings. The summed E-state index contributed by atoms with van der Waals surface area (Å²) in [5.74, 6) is -3.21. The summed E-state index contributed by atoms with van der Waals surface area (Å²) in [6.45, 7) is 4.50. The molecule has 0 bridgehead atoms. The molecule has 10 heteroatoms. The first-order chi connectivity index (χ1) is 16.0. The molecule has 4 rings (SSSR count). The molecule has 0 aliphatic carbocycles. The molecule has 1 unspecified atom stereocenters. The third-order valence-corrected chi connectivity index (χ3v) is 7.17. The monoisotopic (exact) mass is 469 g/mol. The first-order valence-electron chi connectivity index (χ1n) is 11.3. The van der Waals surface area contributed by atoms with Crippen molar-refractivity contribution in [3.05, 3.63) is 30.0 Å². The highest BCUT2D eigenvalue weighted by Gasteiger charge is 2.61. The van der Waals surface area contributed by atoms with Crippen LogP contribution in [0.2, 0.25) is 0 Å². The number of methoxy groups -OCH3 is 1. The fraction of sp³-hybridized carbons (Fsp3) is 0.500. The first-order valence-corrected chi connectivity index (χ1v) is 11.3. The van der Waals surface area contributed by atoms with Crippen molar-refractivity contribution in [2.24, 2.45) is 28.7 Å². The zero-order chi connectivity index (χ0) is 24.8. The van der Waals surface area contributed by atoms with Gasteiger partial charge >= 0.3 is 0 Å². The molecule has 0 spiro atoms. The minimum absolute atomic E-state index is 0.0461. The maximum atomic E-state index is 13.9. The van der Waals surface area contributed by atoms with Crippen LogP contribution in [0.4, 0.5) is 0 Å². The number of hydrogen-bond acceptors (Lipinski definition) is 5. The predicted molar refractivity (Wildman–Crippen MR) is 125 cm³/mol. The van der Waals surface area contributed by atoms with Crippen molar-refractivity contribution in [2.75, 3.05) is 20.2 Å². The zero-order valence-corrected chi connectivity index (χ0v) is 19.6. The molecule has 1 aromatic heterocycles. The number of ether oxygens (including phenoxy) is 1. The number of H-pyrrole nitrogens is 1. The highest BCUT2D eigenvalue weighted by Crippen LogP contribution is 2.48.